The fourth-order valence-corrected chi connectivity index (χ4v) is 2.26. The van der Waals surface area contributed by atoms with E-state index in [-0.39, 0.29) is 0 Å². The van der Waals surface area contributed by atoms with E-state index in [2.05, 4.69) is 25.0 Å². The van der Waals surface area contributed by atoms with Gasteiger partial charge in [0.1, 0.15) is 0 Å². The summed E-state index contributed by atoms with van der Waals surface area (Å²) in [5.74, 6) is 1.23. The third-order valence-electron chi connectivity index (χ3n) is 2.47. The Balaban J connectivity index is 3.96. The molecule has 0 amide bonds. The average Bonchev–Trinajstić information content (AvgIpc) is 2.19. The molecule has 0 aromatic rings. The van der Waals surface area contributed by atoms with E-state index < -0.39 is 0 Å². The van der Waals surface area contributed by atoms with Gasteiger partial charge >= 0.3 is 0 Å². The van der Waals surface area contributed by atoms with Crippen LogP contribution in [0.4, 0.5) is 0 Å². The van der Waals surface area contributed by atoms with Crippen molar-refractivity contribution in [1.29, 1.82) is 0 Å². The summed E-state index contributed by atoms with van der Waals surface area (Å²) in [5.41, 5.74) is 5.82. The summed E-state index contributed by atoms with van der Waals surface area (Å²) < 4.78 is 0. The van der Waals surface area contributed by atoms with Crippen LogP contribution >= 0.6 is 11.8 Å². The molecule has 0 heterocycles. The van der Waals surface area contributed by atoms with Crippen LogP contribution in [0.5, 0.6) is 0 Å². The highest BCUT2D eigenvalue weighted by molar-refractivity contribution is 7.98. The highest BCUT2D eigenvalue weighted by Crippen LogP contribution is 2.08. The monoisotopic (exact) mass is 218 g/mol. The molecule has 0 fully saturated rings. The predicted molar refractivity (Wildman–Crippen MR) is 68.0 cm³/mol. The minimum Gasteiger partial charge on any atom is -0.329 e. The number of thioether (sulfide) groups is 1. The zero-order valence-electron chi connectivity index (χ0n) is 9.96. The standard InChI is InChI=1S/C11H26N2S/c1-4-7-13(8-5-2)11(10-12)6-9-14-3/h11H,4-10,12H2,1-3H3. The van der Waals surface area contributed by atoms with Crippen molar-refractivity contribution in [3.05, 3.63) is 0 Å². The van der Waals surface area contributed by atoms with Crippen LogP contribution in [0.15, 0.2) is 0 Å². The van der Waals surface area contributed by atoms with Gasteiger partial charge < -0.3 is 5.73 Å². The highest BCUT2D eigenvalue weighted by atomic mass is 32.2. The Bertz CT molecular complexity index is 114. The van der Waals surface area contributed by atoms with E-state index in [9.17, 15) is 0 Å². The maximum Gasteiger partial charge on any atom is 0.0226 e. The van der Waals surface area contributed by atoms with Crippen LogP contribution in [0, 0.1) is 0 Å². The van der Waals surface area contributed by atoms with E-state index in [1.807, 2.05) is 11.8 Å². The van der Waals surface area contributed by atoms with Gasteiger partial charge in [0.25, 0.3) is 0 Å². The summed E-state index contributed by atoms with van der Waals surface area (Å²) in [6.07, 6.45) is 5.86. The van der Waals surface area contributed by atoms with Gasteiger partial charge in [-0.3, -0.25) is 4.90 Å². The van der Waals surface area contributed by atoms with Gasteiger partial charge in [-0.2, -0.15) is 11.8 Å². The van der Waals surface area contributed by atoms with Crippen LogP contribution in [0.1, 0.15) is 33.1 Å². The van der Waals surface area contributed by atoms with Crippen molar-refractivity contribution in [3.8, 4) is 0 Å². The van der Waals surface area contributed by atoms with Gasteiger partial charge in [-0.1, -0.05) is 13.8 Å². The van der Waals surface area contributed by atoms with E-state index in [0.717, 1.165) is 6.54 Å². The van der Waals surface area contributed by atoms with Gasteiger partial charge in [-0.05, 0) is 44.4 Å². The molecule has 0 spiro atoms. The second-order valence-electron chi connectivity index (χ2n) is 3.71. The lowest BCUT2D eigenvalue weighted by Crippen LogP contribution is -2.41. The summed E-state index contributed by atoms with van der Waals surface area (Å²) in [6.45, 7) is 7.68. The molecule has 0 saturated carbocycles. The minimum absolute atomic E-state index is 0.599. The zero-order valence-corrected chi connectivity index (χ0v) is 10.8. The molecule has 14 heavy (non-hydrogen) atoms. The molecule has 2 N–H and O–H groups in total. The molecule has 0 saturated heterocycles. The number of nitrogens with two attached hydrogens (primary N) is 1. The molecule has 0 aliphatic rings. The minimum atomic E-state index is 0.599. The van der Waals surface area contributed by atoms with E-state index >= 15 is 0 Å². The van der Waals surface area contributed by atoms with Gasteiger partial charge in [-0.15, -0.1) is 0 Å². The van der Waals surface area contributed by atoms with E-state index in [1.165, 1.54) is 38.1 Å². The lowest BCUT2D eigenvalue weighted by Gasteiger charge is -2.30. The Morgan fingerprint density at radius 1 is 1.21 bits per heavy atom. The topological polar surface area (TPSA) is 29.3 Å². The fourth-order valence-electron chi connectivity index (χ4n) is 1.75. The first-order chi connectivity index (χ1) is 6.79. The molecule has 0 bridgehead atoms. The maximum absolute atomic E-state index is 5.82. The summed E-state index contributed by atoms with van der Waals surface area (Å²) in [6, 6.07) is 0.599. The van der Waals surface area contributed by atoms with E-state index in [4.69, 9.17) is 5.73 Å². The van der Waals surface area contributed by atoms with E-state index in [1.54, 1.807) is 0 Å². The Morgan fingerprint density at radius 2 is 1.79 bits per heavy atom. The summed E-state index contributed by atoms with van der Waals surface area (Å²) in [4.78, 5) is 2.55. The van der Waals surface area contributed by atoms with Crippen molar-refractivity contribution < 1.29 is 0 Å². The van der Waals surface area contributed by atoms with Gasteiger partial charge in [-0.25, -0.2) is 0 Å². The molecule has 86 valence electrons. The normalized spacial score (nSPS) is 13.5. The first-order valence-corrected chi connectivity index (χ1v) is 7.12. The Kier molecular flexibility index (Phi) is 10.0. The molecular formula is C11H26N2S. The first kappa shape index (κ1) is 14.3. The summed E-state index contributed by atoms with van der Waals surface area (Å²) >= 11 is 1.92. The van der Waals surface area contributed by atoms with Gasteiger partial charge in [0, 0.05) is 12.6 Å². The second-order valence-corrected chi connectivity index (χ2v) is 4.69. The van der Waals surface area contributed by atoms with E-state index in [0.29, 0.717) is 6.04 Å². The molecule has 0 aliphatic carbocycles. The summed E-state index contributed by atoms with van der Waals surface area (Å²) in [5, 5.41) is 0. The van der Waals surface area contributed by atoms with Crippen molar-refractivity contribution in [1.82, 2.24) is 4.90 Å². The molecule has 0 aromatic carbocycles. The SMILES string of the molecule is CCCN(CCC)C(CN)CCSC. The number of nitrogens with zero attached hydrogens (tertiary/aromatic N) is 1. The largest absolute Gasteiger partial charge is 0.329 e. The molecule has 1 atom stereocenters. The number of rotatable bonds is 9. The predicted octanol–water partition coefficient (Wildman–Crippen LogP) is 2.19. The number of hydrogen-bond donors (Lipinski definition) is 1. The number of hydrogen-bond acceptors (Lipinski definition) is 3. The molecule has 1 unspecified atom stereocenters. The maximum atomic E-state index is 5.82. The van der Waals surface area contributed by atoms with Crippen molar-refractivity contribution in [2.75, 3.05) is 31.6 Å². The van der Waals surface area contributed by atoms with Crippen LogP contribution in [0.2, 0.25) is 0 Å². The van der Waals surface area contributed by atoms with Gasteiger partial charge in [0.15, 0.2) is 0 Å². The molecule has 0 rings (SSSR count). The average molecular weight is 218 g/mol. The Hall–Kier alpha value is 0.270. The Morgan fingerprint density at radius 3 is 2.14 bits per heavy atom. The molecule has 0 aromatic heterocycles. The molecule has 3 heteroatoms. The van der Waals surface area contributed by atoms with Crippen molar-refractivity contribution >= 4 is 11.8 Å². The van der Waals surface area contributed by atoms with Crippen LogP contribution in [-0.2, 0) is 0 Å². The van der Waals surface area contributed by atoms with Gasteiger partial charge in [0.05, 0.1) is 0 Å². The zero-order chi connectivity index (χ0) is 10.8. The molecular weight excluding hydrogens is 192 g/mol. The van der Waals surface area contributed by atoms with Crippen molar-refractivity contribution in [3.63, 3.8) is 0 Å². The molecule has 0 radical (unpaired) electrons. The van der Waals surface area contributed by atoms with Crippen LogP contribution in [0.25, 0.3) is 0 Å². The van der Waals surface area contributed by atoms with Crippen molar-refractivity contribution in [2.24, 2.45) is 5.73 Å². The quantitative estimate of drug-likeness (QED) is 0.643. The van der Waals surface area contributed by atoms with Crippen LogP contribution in [0.3, 0.4) is 0 Å². The fraction of sp³-hybridized carbons (Fsp3) is 1.00. The van der Waals surface area contributed by atoms with Crippen LogP contribution in [-0.4, -0.2) is 42.6 Å². The van der Waals surface area contributed by atoms with Gasteiger partial charge in [0.2, 0.25) is 0 Å². The first-order valence-electron chi connectivity index (χ1n) is 5.73. The third kappa shape index (κ3) is 5.89. The second kappa shape index (κ2) is 9.81. The van der Waals surface area contributed by atoms with Crippen molar-refractivity contribution in [2.45, 2.75) is 39.2 Å². The Labute approximate surface area is 93.6 Å². The lowest BCUT2D eigenvalue weighted by molar-refractivity contribution is 0.196. The molecule has 2 nitrogen and oxygen atoms in total. The van der Waals surface area contributed by atoms with Crippen LogP contribution < -0.4 is 5.73 Å². The smallest absolute Gasteiger partial charge is 0.0226 e. The highest BCUT2D eigenvalue weighted by Gasteiger charge is 2.14. The summed E-state index contributed by atoms with van der Waals surface area (Å²) in [7, 11) is 0. The molecule has 0 aliphatic heterocycles. The third-order valence-corrected chi connectivity index (χ3v) is 3.11. The lowest BCUT2D eigenvalue weighted by atomic mass is 10.1.